The summed E-state index contributed by atoms with van der Waals surface area (Å²) in [6, 6.07) is 19.7. The molecule has 0 saturated carbocycles. The fourth-order valence-electron chi connectivity index (χ4n) is 4.27. The van der Waals surface area contributed by atoms with Crippen molar-refractivity contribution in [2.45, 2.75) is 33.2 Å². The van der Waals surface area contributed by atoms with Crippen LogP contribution in [-0.4, -0.2) is 28.6 Å². The molecule has 1 atom stereocenters. The molecule has 4 aromatic rings. The zero-order valence-corrected chi connectivity index (χ0v) is 22.4. The van der Waals surface area contributed by atoms with Crippen molar-refractivity contribution in [3.05, 3.63) is 88.4 Å². The molecule has 0 aliphatic heterocycles. The van der Waals surface area contributed by atoms with E-state index < -0.39 is 17.9 Å². The maximum atomic E-state index is 14.3. The Bertz CT molecular complexity index is 1470. The Morgan fingerprint density at radius 2 is 1.68 bits per heavy atom. The normalized spacial score (nSPS) is 11.9. The molecule has 8 nitrogen and oxygen atoms in total. The third kappa shape index (κ3) is 5.52. The molecule has 0 aliphatic rings. The van der Waals surface area contributed by atoms with Gasteiger partial charge >= 0.3 is 0 Å². The van der Waals surface area contributed by atoms with Gasteiger partial charge < -0.3 is 16.8 Å². The Kier molecular flexibility index (Phi) is 8.07. The van der Waals surface area contributed by atoms with Gasteiger partial charge in [-0.15, -0.1) is 0 Å². The largest absolute Gasteiger partial charge is 0.395 e. The van der Waals surface area contributed by atoms with Crippen molar-refractivity contribution in [2.75, 3.05) is 17.2 Å². The van der Waals surface area contributed by atoms with Gasteiger partial charge in [0, 0.05) is 11.9 Å². The smallest absolute Gasteiger partial charge is 0.273 e. The predicted octanol–water partition coefficient (Wildman–Crippen LogP) is 4.84. The molecule has 1 heterocycles. The molecule has 196 valence electrons. The number of carbonyl (C=O) groups excluding carboxylic acids is 3. The van der Waals surface area contributed by atoms with E-state index in [-0.39, 0.29) is 22.2 Å². The summed E-state index contributed by atoms with van der Waals surface area (Å²) in [5.41, 5.74) is 13.5. The minimum absolute atomic E-state index is 0.0406. The Morgan fingerprint density at radius 3 is 2.34 bits per heavy atom. The number of fused-ring (bicyclic) bond motifs is 1. The number of hydrogen-bond acceptors (Lipinski definition) is 6. The Morgan fingerprint density at radius 1 is 1.00 bits per heavy atom. The van der Waals surface area contributed by atoms with E-state index in [0.717, 1.165) is 34.3 Å². The number of nitrogen functional groups attached to an aromatic ring is 1. The molecule has 9 heteroatoms. The van der Waals surface area contributed by atoms with E-state index in [2.05, 4.69) is 23.5 Å². The second-order valence-electron chi connectivity index (χ2n) is 9.60. The number of primary amides is 1. The maximum Gasteiger partial charge on any atom is 0.273 e. The number of benzene rings is 3. The summed E-state index contributed by atoms with van der Waals surface area (Å²) in [7, 11) is 0. The lowest BCUT2D eigenvalue weighted by molar-refractivity contribution is -0.122. The number of nitrogens with zero attached hydrogens (tertiary/aromatic N) is 2. The predicted molar refractivity (Wildman–Crippen MR) is 152 cm³/mol. The standard InChI is InChI=1S/C29H31N5O3S/c1-17(2)15-16-32-28(36)25(20-13-11-18(3)12-14-20)34(22-10-6-8-19-7-4-5-9-21(19)22)29(37)26-23(30)24(27(31)35)33-38-26/h4-14,17,25H,15-16,30H2,1-3H3,(H2,31,35)(H,32,36). The number of amides is 3. The average Bonchev–Trinajstić information content (AvgIpc) is 3.28. The van der Waals surface area contributed by atoms with Gasteiger partial charge in [0.2, 0.25) is 5.91 Å². The molecule has 1 aromatic heterocycles. The van der Waals surface area contributed by atoms with Gasteiger partial charge in [-0.3, -0.25) is 19.3 Å². The van der Waals surface area contributed by atoms with E-state index in [1.54, 1.807) is 6.07 Å². The molecule has 5 N–H and O–H groups in total. The van der Waals surface area contributed by atoms with E-state index in [0.29, 0.717) is 23.7 Å². The van der Waals surface area contributed by atoms with Gasteiger partial charge in [0.25, 0.3) is 11.8 Å². The summed E-state index contributed by atoms with van der Waals surface area (Å²) in [6.45, 7) is 6.58. The number of rotatable bonds is 9. The van der Waals surface area contributed by atoms with E-state index >= 15 is 0 Å². The molecule has 0 saturated heterocycles. The number of aryl methyl sites for hydroxylation is 1. The molecule has 0 radical (unpaired) electrons. The lowest BCUT2D eigenvalue weighted by Crippen LogP contribution is -2.44. The van der Waals surface area contributed by atoms with Gasteiger partial charge in [-0.1, -0.05) is 80.1 Å². The van der Waals surface area contributed by atoms with Crippen LogP contribution in [0.4, 0.5) is 11.4 Å². The van der Waals surface area contributed by atoms with Gasteiger partial charge in [-0.25, -0.2) is 0 Å². The van der Waals surface area contributed by atoms with Crippen molar-refractivity contribution >= 4 is 51.4 Å². The van der Waals surface area contributed by atoms with Crippen LogP contribution < -0.4 is 21.7 Å². The van der Waals surface area contributed by atoms with Crippen LogP contribution in [0, 0.1) is 12.8 Å². The first-order valence-corrected chi connectivity index (χ1v) is 13.2. The minimum atomic E-state index is -1.01. The third-order valence-electron chi connectivity index (χ3n) is 6.32. The second kappa shape index (κ2) is 11.4. The van der Waals surface area contributed by atoms with Gasteiger partial charge in [-0.2, -0.15) is 4.37 Å². The second-order valence-corrected chi connectivity index (χ2v) is 10.4. The molecule has 4 rings (SSSR count). The van der Waals surface area contributed by atoms with Crippen molar-refractivity contribution in [2.24, 2.45) is 11.7 Å². The van der Waals surface area contributed by atoms with Gasteiger partial charge in [-0.05, 0) is 47.8 Å². The highest BCUT2D eigenvalue weighted by molar-refractivity contribution is 7.09. The molecule has 0 bridgehead atoms. The molecule has 0 spiro atoms. The summed E-state index contributed by atoms with van der Waals surface area (Å²) >= 11 is 0.791. The SMILES string of the molecule is Cc1ccc(C(C(=O)NCCC(C)C)N(C(=O)c2snc(C(N)=O)c2N)c2cccc3ccccc23)cc1. The highest BCUT2D eigenvalue weighted by Crippen LogP contribution is 2.37. The zero-order chi connectivity index (χ0) is 27.4. The molecule has 38 heavy (non-hydrogen) atoms. The molecule has 3 aromatic carbocycles. The Hall–Kier alpha value is -4.24. The number of aromatic nitrogens is 1. The maximum absolute atomic E-state index is 14.3. The van der Waals surface area contributed by atoms with E-state index in [4.69, 9.17) is 11.5 Å². The molecule has 1 unspecified atom stereocenters. The number of nitrogens with two attached hydrogens (primary N) is 2. The topological polar surface area (TPSA) is 131 Å². The van der Waals surface area contributed by atoms with Gasteiger partial charge in [0.1, 0.15) is 10.9 Å². The van der Waals surface area contributed by atoms with Crippen LogP contribution in [0.1, 0.15) is 57.6 Å². The minimum Gasteiger partial charge on any atom is -0.395 e. The number of hydrogen-bond donors (Lipinski definition) is 3. The quantitative estimate of drug-likeness (QED) is 0.286. The monoisotopic (exact) mass is 529 g/mol. The van der Waals surface area contributed by atoms with Crippen LogP contribution in [0.15, 0.2) is 66.7 Å². The molecular formula is C29H31N5O3S. The summed E-state index contributed by atoms with van der Waals surface area (Å²) in [6.07, 6.45) is 0.790. The van der Waals surface area contributed by atoms with Crippen LogP contribution in [0.25, 0.3) is 10.8 Å². The van der Waals surface area contributed by atoms with Crippen molar-refractivity contribution in [1.29, 1.82) is 0 Å². The van der Waals surface area contributed by atoms with Crippen LogP contribution in [0.2, 0.25) is 0 Å². The van der Waals surface area contributed by atoms with Crippen LogP contribution in [0.3, 0.4) is 0 Å². The van der Waals surface area contributed by atoms with Crippen molar-refractivity contribution in [1.82, 2.24) is 9.69 Å². The fraction of sp³-hybridized carbons (Fsp3) is 0.241. The first kappa shape index (κ1) is 26.8. The van der Waals surface area contributed by atoms with Crippen molar-refractivity contribution in [3.63, 3.8) is 0 Å². The van der Waals surface area contributed by atoms with E-state index in [9.17, 15) is 14.4 Å². The van der Waals surface area contributed by atoms with Crippen LogP contribution in [-0.2, 0) is 4.79 Å². The van der Waals surface area contributed by atoms with Crippen molar-refractivity contribution < 1.29 is 14.4 Å². The zero-order valence-electron chi connectivity index (χ0n) is 21.6. The van der Waals surface area contributed by atoms with Gasteiger partial charge in [0.05, 0.1) is 11.4 Å². The molecule has 0 fully saturated rings. The summed E-state index contributed by atoms with van der Waals surface area (Å²) in [5.74, 6) is -1.30. The van der Waals surface area contributed by atoms with Gasteiger partial charge in [0.15, 0.2) is 5.69 Å². The number of carbonyl (C=O) groups is 3. The Labute approximate surface area is 225 Å². The lowest BCUT2D eigenvalue weighted by Gasteiger charge is -2.32. The number of nitrogens with one attached hydrogen (secondary N) is 1. The van der Waals surface area contributed by atoms with E-state index in [1.165, 1.54) is 4.90 Å². The fourth-order valence-corrected chi connectivity index (χ4v) is 5.01. The summed E-state index contributed by atoms with van der Waals surface area (Å²) < 4.78 is 4.03. The first-order chi connectivity index (χ1) is 18.2. The molecule has 0 aliphatic carbocycles. The van der Waals surface area contributed by atoms with Crippen LogP contribution in [0.5, 0.6) is 0 Å². The third-order valence-corrected chi connectivity index (χ3v) is 7.17. The summed E-state index contributed by atoms with van der Waals surface area (Å²) in [4.78, 5) is 41.5. The van der Waals surface area contributed by atoms with Crippen molar-refractivity contribution in [3.8, 4) is 0 Å². The Balaban J connectivity index is 1.93. The lowest BCUT2D eigenvalue weighted by atomic mass is 9.99. The van der Waals surface area contributed by atoms with E-state index in [1.807, 2.05) is 67.6 Å². The van der Waals surface area contributed by atoms with Crippen LogP contribution >= 0.6 is 11.5 Å². The summed E-state index contributed by atoms with van der Waals surface area (Å²) in [5, 5.41) is 4.71. The molecule has 3 amide bonds. The molecular weight excluding hydrogens is 498 g/mol. The highest BCUT2D eigenvalue weighted by Gasteiger charge is 2.36. The average molecular weight is 530 g/mol. The highest BCUT2D eigenvalue weighted by atomic mass is 32.1. The first-order valence-electron chi connectivity index (χ1n) is 12.4. The number of anilines is 2.